The van der Waals surface area contributed by atoms with Crippen LogP contribution in [0.5, 0.6) is 0 Å². The highest BCUT2D eigenvalue weighted by molar-refractivity contribution is 6.10. The molecule has 1 aliphatic rings. The number of para-hydroxylation sites is 1. The Morgan fingerprint density at radius 1 is 1.22 bits per heavy atom. The summed E-state index contributed by atoms with van der Waals surface area (Å²) in [5, 5.41) is 11.2. The first kappa shape index (κ1) is 16.1. The fraction of sp³-hybridized carbons (Fsp3) is 0.474. The lowest BCUT2D eigenvalue weighted by molar-refractivity contribution is 0.304. The van der Waals surface area contributed by atoms with Crippen molar-refractivity contribution in [1.82, 2.24) is 9.47 Å². The Kier molecular flexibility index (Phi) is 4.46. The molecule has 0 radical (unpaired) electrons. The summed E-state index contributed by atoms with van der Waals surface area (Å²) in [6, 6.07) is 8.27. The summed E-state index contributed by atoms with van der Waals surface area (Å²) in [5.41, 5.74) is 3.15. The number of fused-ring (bicyclic) bond motifs is 3. The fourth-order valence-corrected chi connectivity index (χ4v) is 3.76. The Balaban J connectivity index is 2.25. The number of benzene rings is 1. The van der Waals surface area contributed by atoms with Crippen LogP contribution in [0.3, 0.4) is 0 Å². The number of rotatable bonds is 6. The number of pyridine rings is 1. The van der Waals surface area contributed by atoms with Gasteiger partial charge in [-0.15, -0.1) is 0 Å². The van der Waals surface area contributed by atoms with Gasteiger partial charge in [0.05, 0.1) is 30.2 Å². The number of nitrogens with zero attached hydrogens (tertiary/aromatic N) is 3. The van der Waals surface area contributed by atoms with Gasteiger partial charge in [0.25, 0.3) is 0 Å². The minimum absolute atomic E-state index is 0.000554. The van der Waals surface area contributed by atoms with E-state index in [1.807, 2.05) is 12.3 Å². The number of unbranched alkanes of at least 4 members (excludes halogenated alkanes) is 1. The Hall–Kier alpha value is -1.78. The second-order valence-electron chi connectivity index (χ2n) is 6.82. The molecule has 4 nitrogen and oxygen atoms in total. The molecule has 2 heterocycles. The van der Waals surface area contributed by atoms with E-state index in [-0.39, 0.29) is 6.61 Å². The van der Waals surface area contributed by atoms with Gasteiger partial charge in [0, 0.05) is 5.92 Å². The number of quaternary nitrogens is 1. The lowest BCUT2D eigenvalue weighted by Crippen LogP contribution is -2.56. The minimum Gasteiger partial charge on any atom is -0.384 e. The first-order valence-corrected chi connectivity index (χ1v) is 8.56. The third kappa shape index (κ3) is 2.66. The zero-order chi connectivity index (χ0) is 16.4. The molecular formula is C19H26N3O+. The maximum Gasteiger partial charge on any atom is 0.234 e. The smallest absolute Gasteiger partial charge is 0.234 e. The summed E-state index contributed by atoms with van der Waals surface area (Å²) in [7, 11) is 0. The van der Waals surface area contributed by atoms with Crippen LogP contribution < -0.4 is 4.48 Å². The monoisotopic (exact) mass is 312 g/mol. The lowest BCUT2D eigenvalue weighted by atomic mass is 10.1. The summed E-state index contributed by atoms with van der Waals surface area (Å²) >= 11 is 0. The highest BCUT2D eigenvalue weighted by Crippen LogP contribution is 2.45. The van der Waals surface area contributed by atoms with E-state index in [1.165, 1.54) is 5.69 Å². The van der Waals surface area contributed by atoms with Gasteiger partial charge in [-0.05, 0) is 18.6 Å². The van der Waals surface area contributed by atoms with Crippen molar-refractivity contribution in [3.05, 3.63) is 30.5 Å². The van der Waals surface area contributed by atoms with Crippen molar-refractivity contribution in [3.8, 4) is 0 Å². The predicted molar refractivity (Wildman–Crippen MR) is 97.2 cm³/mol. The molecule has 23 heavy (non-hydrogen) atoms. The molecule has 0 saturated heterocycles. The Labute approximate surface area is 138 Å². The van der Waals surface area contributed by atoms with Crippen molar-refractivity contribution < 1.29 is 5.11 Å². The predicted octanol–water partition coefficient (Wildman–Crippen LogP) is 4.03. The molecule has 0 spiro atoms. The largest absolute Gasteiger partial charge is 0.384 e. The standard InChI is InChI=1S/C19H26N3O/c1-4-5-10-22(12-14(2)3)18(13-23)21-17-11-20-16-9-7-6-8-15(16)19(17)22/h6-9,11,14,23H,4-5,10,12-13H2,1-3H3/q+1. The first-order valence-electron chi connectivity index (χ1n) is 8.56. The van der Waals surface area contributed by atoms with Crippen molar-refractivity contribution in [2.24, 2.45) is 10.9 Å². The molecule has 0 aliphatic carbocycles. The maximum absolute atomic E-state index is 9.99. The quantitative estimate of drug-likeness (QED) is 0.818. The maximum atomic E-state index is 9.99. The van der Waals surface area contributed by atoms with E-state index >= 15 is 0 Å². The molecule has 1 aliphatic heterocycles. The summed E-state index contributed by atoms with van der Waals surface area (Å²) < 4.78 is 0.681. The van der Waals surface area contributed by atoms with E-state index in [9.17, 15) is 5.11 Å². The van der Waals surface area contributed by atoms with Crippen LogP contribution in [0.15, 0.2) is 35.5 Å². The second-order valence-corrected chi connectivity index (χ2v) is 6.82. The molecule has 3 rings (SSSR count). The SMILES string of the molecule is CCCC[N+]1(CC(C)C)C(CO)=Nc2cnc3ccccc3c21. The van der Waals surface area contributed by atoms with Gasteiger partial charge in [-0.25, -0.2) is 4.48 Å². The Morgan fingerprint density at radius 3 is 2.70 bits per heavy atom. The molecule has 2 aromatic rings. The third-order valence-corrected chi connectivity index (χ3v) is 4.61. The van der Waals surface area contributed by atoms with E-state index in [0.717, 1.165) is 48.4 Å². The van der Waals surface area contributed by atoms with Gasteiger partial charge in [0.15, 0.2) is 5.69 Å². The van der Waals surface area contributed by atoms with Crippen LogP contribution in [-0.2, 0) is 0 Å². The van der Waals surface area contributed by atoms with Crippen LogP contribution in [-0.4, -0.2) is 35.6 Å². The highest BCUT2D eigenvalue weighted by Gasteiger charge is 2.44. The van der Waals surface area contributed by atoms with Crippen LogP contribution in [0, 0.1) is 5.92 Å². The highest BCUT2D eigenvalue weighted by atomic mass is 16.3. The first-order chi connectivity index (χ1) is 11.1. The molecule has 0 saturated carbocycles. The Morgan fingerprint density at radius 2 is 2.00 bits per heavy atom. The summed E-state index contributed by atoms with van der Waals surface area (Å²) in [5.74, 6) is 1.38. The average Bonchev–Trinajstić information content (AvgIpc) is 2.86. The molecule has 0 amide bonds. The van der Waals surface area contributed by atoms with Crippen LogP contribution >= 0.6 is 0 Å². The molecule has 0 bridgehead atoms. The normalized spacial score (nSPS) is 20.1. The van der Waals surface area contributed by atoms with Crippen molar-refractivity contribution in [3.63, 3.8) is 0 Å². The van der Waals surface area contributed by atoms with Crippen molar-refractivity contribution in [2.45, 2.75) is 33.6 Å². The number of aliphatic hydroxyl groups is 1. The zero-order valence-corrected chi connectivity index (χ0v) is 14.3. The van der Waals surface area contributed by atoms with Crippen LogP contribution in [0.2, 0.25) is 0 Å². The molecule has 1 unspecified atom stereocenters. The molecule has 1 atom stereocenters. The van der Waals surface area contributed by atoms with E-state index in [0.29, 0.717) is 10.4 Å². The van der Waals surface area contributed by atoms with Gasteiger partial charge < -0.3 is 5.11 Å². The van der Waals surface area contributed by atoms with Gasteiger partial charge in [-0.1, -0.05) is 39.3 Å². The lowest BCUT2D eigenvalue weighted by Gasteiger charge is -2.36. The molecule has 1 aromatic heterocycles. The molecular weight excluding hydrogens is 286 g/mol. The molecule has 1 N–H and O–H groups in total. The van der Waals surface area contributed by atoms with Crippen molar-refractivity contribution in [2.75, 3.05) is 19.7 Å². The molecule has 1 aromatic carbocycles. The minimum atomic E-state index is -0.000554. The number of aliphatic imine (C=N–C) groups is 1. The van der Waals surface area contributed by atoms with Crippen LogP contribution in [0.4, 0.5) is 11.4 Å². The second kappa shape index (κ2) is 6.38. The topological polar surface area (TPSA) is 45.5 Å². The molecule has 4 heteroatoms. The van der Waals surface area contributed by atoms with E-state index < -0.39 is 0 Å². The van der Waals surface area contributed by atoms with Gasteiger partial charge in [-0.2, -0.15) is 4.99 Å². The van der Waals surface area contributed by atoms with E-state index in [1.54, 1.807) is 0 Å². The Bertz CT molecular complexity index is 738. The summed E-state index contributed by atoms with van der Waals surface area (Å²) in [6.45, 7) is 8.63. The van der Waals surface area contributed by atoms with Crippen LogP contribution in [0.1, 0.15) is 33.6 Å². The average molecular weight is 312 g/mol. The van der Waals surface area contributed by atoms with Crippen LogP contribution in [0.25, 0.3) is 10.9 Å². The third-order valence-electron chi connectivity index (χ3n) is 4.61. The number of amidine groups is 1. The fourth-order valence-electron chi connectivity index (χ4n) is 3.76. The van der Waals surface area contributed by atoms with E-state index in [4.69, 9.17) is 4.99 Å². The number of aromatic nitrogens is 1. The summed E-state index contributed by atoms with van der Waals surface area (Å²) in [6.07, 6.45) is 4.11. The molecule has 0 fully saturated rings. The van der Waals surface area contributed by atoms with Crippen molar-refractivity contribution >= 4 is 28.1 Å². The van der Waals surface area contributed by atoms with Gasteiger partial charge in [0.2, 0.25) is 5.84 Å². The molecule has 122 valence electrons. The number of aliphatic hydroxyl groups excluding tert-OH is 1. The summed E-state index contributed by atoms with van der Waals surface area (Å²) in [4.78, 5) is 9.30. The van der Waals surface area contributed by atoms with E-state index in [2.05, 4.69) is 44.0 Å². The van der Waals surface area contributed by atoms with Gasteiger partial charge in [-0.3, -0.25) is 4.98 Å². The van der Waals surface area contributed by atoms with Gasteiger partial charge in [0.1, 0.15) is 12.3 Å². The van der Waals surface area contributed by atoms with Crippen molar-refractivity contribution in [1.29, 1.82) is 0 Å². The number of hydrogen-bond acceptors (Lipinski definition) is 3. The number of hydrogen-bond donors (Lipinski definition) is 1. The zero-order valence-electron chi connectivity index (χ0n) is 14.3. The van der Waals surface area contributed by atoms with Gasteiger partial charge >= 0.3 is 0 Å².